The van der Waals surface area contributed by atoms with Crippen LogP contribution in [0.25, 0.3) is 0 Å². The number of pyridine rings is 1. The molecule has 1 radical (unpaired) electrons. The van der Waals surface area contributed by atoms with Gasteiger partial charge in [-0.1, -0.05) is 0 Å². The van der Waals surface area contributed by atoms with Gasteiger partial charge in [-0.05, 0) is 36.4 Å². The molecule has 21 heavy (non-hydrogen) atoms. The van der Waals surface area contributed by atoms with Gasteiger partial charge in [0.2, 0.25) is 5.91 Å². The first-order valence-corrected chi connectivity index (χ1v) is 5.69. The summed E-state index contributed by atoms with van der Waals surface area (Å²) < 4.78 is 0. The van der Waals surface area contributed by atoms with Gasteiger partial charge in [0.1, 0.15) is 5.75 Å². The molecule has 2 aromatic rings. The van der Waals surface area contributed by atoms with Crippen molar-refractivity contribution in [2.75, 3.05) is 5.32 Å². The van der Waals surface area contributed by atoms with Crippen LogP contribution in [-0.2, 0) is 21.9 Å². The SMILES string of the molecule is CC(=O)Nc1ccc(O)cc1.O=C(O)c1cccnc1.[Cu]. The Kier molecular flexibility index (Phi) is 8.45. The van der Waals surface area contributed by atoms with Crippen molar-refractivity contribution in [1.29, 1.82) is 0 Å². The van der Waals surface area contributed by atoms with E-state index >= 15 is 0 Å². The number of benzene rings is 1. The van der Waals surface area contributed by atoms with E-state index in [1.54, 1.807) is 18.2 Å². The van der Waals surface area contributed by atoms with E-state index in [0.29, 0.717) is 5.69 Å². The van der Waals surface area contributed by atoms with E-state index in [2.05, 4.69) is 10.3 Å². The molecule has 1 amide bonds. The summed E-state index contributed by atoms with van der Waals surface area (Å²) >= 11 is 0. The molecule has 1 heterocycles. The summed E-state index contributed by atoms with van der Waals surface area (Å²) in [4.78, 5) is 24.3. The van der Waals surface area contributed by atoms with Crippen molar-refractivity contribution in [3.8, 4) is 5.75 Å². The Morgan fingerprint density at radius 3 is 2.14 bits per heavy atom. The second-order valence-electron chi connectivity index (χ2n) is 3.77. The maximum atomic E-state index is 10.5. The minimum atomic E-state index is -0.942. The molecule has 0 bridgehead atoms. The van der Waals surface area contributed by atoms with E-state index in [9.17, 15) is 9.59 Å². The molecule has 3 N–H and O–H groups in total. The average molecular weight is 338 g/mol. The number of amides is 1. The predicted molar refractivity (Wildman–Crippen MR) is 73.6 cm³/mol. The van der Waals surface area contributed by atoms with Crippen LogP contribution >= 0.6 is 0 Å². The molecular formula is C14H14CuN2O4. The van der Waals surface area contributed by atoms with E-state index in [1.807, 2.05) is 0 Å². The molecule has 0 aliphatic carbocycles. The van der Waals surface area contributed by atoms with Gasteiger partial charge in [-0.2, -0.15) is 0 Å². The van der Waals surface area contributed by atoms with Crippen LogP contribution in [0.4, 0.5) is 5.69 Å². The third-order valence-electron chi connectivity index (χ3n) is 2.10. The van der Waals surface area contributed by atoms with E-state index in [-0.39, 0.29) is 34.3 Å². The summed E-state index contributed by atoms with van der Waals surface area (Å²) in [5, 5.41) is 19.8. The average Bonchev–Trinajstić information content (AvgIpc) is 2.43. The molecule has 1 aromatic heterocycles. The van der Waals surface area contributed by atoms with Crippen molar-refractivity contribution in [3.05, 3.63) is 54.4 Å². The molecule has 0 aliphatic heterocycles. The molecule has 115 valence electrons. The van der Waals surface area contributed by atoms with Crippen LogP contribution < -0.4 is 5.32 Å². The second kappa shape index (κ2) is 9.52. The molecule has 0 aliphatic rings. The number of aromatic carboxylic acids is 1. The number of nitrogens with zero attached hydrogens (tertiary/aromatic N) is 1. The quantitative estimate of drug-likeness (QED) is 0.576. The summed E-state index contributed by atoms with van der Waals surface area (Å²) in [5.41, 5.74) is 0.910. The van der Waals surface area contributed by atoms with Gasteiger partial charge < -0.3 is 15.5 Å². The topological polar surface area (TPSA) is 99.5 Å². The third kappa shape index (κ3) is 7.71. The number of hydrogen-bond donors (Lipinski definition) is 3. The summed E-state index contributed by atoms with van der Waals surface area (Å²) in [6, 6.07) is 9.39. The van der Waals surface area contributed by atoms with Crippen molar-refractivity contribution >= 4 is 17.6 Å². The van der Waals surface area contributed by atoms with Crippen molar-refractivity contribution in [2.24, 2.45) is 0 Å². The zero-order valence-corrected chi connectivity index (χ0v) is 12.0. The number of carbonyl (C=O) groups is 2. The fraction of sp³-hybridized carbons (Fsp3) is 0.0714. The van der Waals surface area contributed by atoms with Gasteiger partial charge in [-0.25, -0.2) is 4.79 Å². The van der Waals surface area contributed by atoms with E-state index in [4.69, 9.17) is 10.2 Å². The Hall–Kier alpha value is -2.37. The molecule has 0 saturated heterocycles. The minimum Gasteiger partial charge on any atom is -0.508 e. The number of carboxylic acid groups (broad SMARTS) is 1. The molecule has 0 atom stereocenters. The van der Waals surface area contributed by atoms with E-state index in [0.717, 1.165) is 0 Å². The van der Waals surface area contributed by atoms with Gasteiger partial charge in [-0.15, -0.1) is 0 Å². The second-order valence-corrected chi connectivity index (χ2v) is 3.77. The van der Waals surface area contributed by atoms with Gasteiger partial charge in [0.05, 0.1) is 5.56 Å². The molecule has 1 aromatic carbocycles. The number of carboxylic acids is 1. The zero-order valence-electron chi connectivity index (χ0n) is 11.1. The van der Waals surface area contributed by atoms with Gasteiger partial charge >= 0.3 is 5.97 Å². The number of carbonyl (C=O) groups excluding carboxylic acids is 1. The standard InChI is InChI=1S/C8H9NO2.C6H5NO2.Cu/c1-6(10)9-7-2-4-8(11)5-3-7;8-6(9)5-2-1-3-7-4-5;/h2-5,11H,1H3,(H,9,10);1-4H,(H,8,9);. The van der Waals surface area contributed by atoms with Crippen molar-refractivity contribution in [3.63, 3.8) is 0 Å². The summed E-state index contributed by atoms with van der Waals surface area (Å²) in [7, 11) is 0. The zero-order chi connectivity index (χ0) is 15.0. The Morgan fingerprint density at radius 1 is 1.14 bits per heavy atom. The Bertz CT molecular complexity index is 573. The van der Waals surface area contributed by atoms with Crippen LogP contribution in [0.15, 0.2) is 48.8 Å². The number of hydrogen-bond acceptors (Lipinski definition) is 4. The number of phenols is 1. The molecule has 6 nitrogen and oxygen atoms in total. The monoisotopic (exact) mass is 337 g/mol. The van der Waals surface area contributed by atoms with Gasteiger partial charge in [0.25, 0.3) is 0 Å². The molecule has 7 heteroatoms. The molecule has 2 rings (SSSR count). The van der Waals surface area contributed by atoms with Crippen LogP contribution in [0.2, 0.25) is 0 Å². The molecular weight excluding hydrogens is 324 g/mol. The van der Waals surface area contributed by atoms with Gasteiger partial charge in [0, 0.05) is 42.1 Å². The predicted octanol–water partition coefficient (Wildman–Crippen LogP) is 2.13. The minimum absolute atomic E-state index is 0. The van der Waals surface area contributed by atoms with Gasteiger partial charge in [0.15, 0.2) is 0 Å². The van der Waals surface area contributed by atoms with Crippen LogP contribution in [0.5, 0.6) is 5.75 Å². The molecule has 0 spiro atoms. The number of nitrogens with one attached hydrogen (secondary N) is 1. The van der Waals surface area contributed by atoms with Crippen molar-refractivity contribution < 1.29 is 36.9 Å². The maximum Gasteiger partial charge on any atom is 0.337 e. The van der Waals surface area contributed by atoms with Crippen LogP contribution in [0.1, 0.15) is 17.3 Å². The van der Waals surface area contributed by atoms with E-state index < -0.39 is 5.97 Å². The first-order valence-electron chi connectivity index (χ1n) is 5.69. The fourth-order valence-electron chi connectivity index (χ4n) is 1.24. The van der Waals surface area contributed by atoms with Crippen LogP contribution in [0.3, 0.4) is 0 Å². The first kappa shape index (κ1) is 18.6. The number of aromatic nitrogens is 1. The number of anilines is 1. The summed E-state index contributed by atoms with van der Waals surface area (Å²) in [6.07, 6.45) is 2.84. The Balaban J connectivity index is 0.000000370. The number of phenolic OH excluding ortho intramolecular Hbond substituents is 1. The number of rotatable bonds is 2. The van der Waals surface area contributed by atoms with Gasteiger partial charge in [-0.3, -0.25) is 9.78 Å². The summed E-state index contributed by atoms with van der Waals surface area (Å²) in [5.74, 6) is -0.863. The van der Waals surface area contributed by atoms with Crippen molar-refractivity contribution in [2.45, 2.75) is 6.92 Å². The molecule has 0 unspecified atom stereocenters. The fourth-order valence-corrected chi connectivity index (χ4v) is 1.24. The molecule has 0 fully saturated rings. The maximum absolute atomic E-state index is 10.5. The Labute approximate surface area is 132 Å². The van der Waals surface area contributed by atoms with Crippen molar-refractivity contribution in [1.82, 2.24) is 4.98 Å². The Morgan fingerprint density at radius 2 is 1.76 bits per heavy atom. The van der Waals surface area contributed by atoms with Crippen LogP contribution in [0, 0.1) is 0 Å². The first-order chi connectivity index (χ1) is 9.49. The smallest absolute Gasteiger partial charge is 0.337 e. The molecule has 0 saturated carbocycles. The summed E-state index contributed by atoms with van der Waals surface area (Å²) in [6.45, 7) is 1.44. The number of aromatic hydroxyl groups is 1. The third-order valence-corrected chi connectivity index (χ3v) is 2.10. The van der Waals surface area contributed by atoms with E-state index in [1.165, 1.54) is 37.5 Å². The normalized spacial score (nSPS) is 8.62. The largest absolute Gasteiger partial charge is 0.508 e. The van der Waals surface area contributed by atoms with Crippen LogP contribution in [-0.4, -0.2) is 27.1 Å².